The highest BCUT2D eigenvalue weighted by Gasteiger charge is 2.09. The van der Waals surface area contributed by atoms with Crippen molar-refractivity contribution in [1.82, 2.24) is 19.5 Å². The lowest BCUT2D eigenvalue weighted by Gasteiger charge is -2.09. The first kappa shape index (κ1) is 22.5. The Kier molecular flexibility index (Phi) is 6.43. The molecule has 0 aliphatic rings. The van der Waals surface area contributed by atoms with E-state index in [1.165, 1.54) is 0 Å². The van der Waals surface area contributed by atoms with Gasteiger partial charge in [-0.1, -0.05) is 18.2 Å². The van der Waals surface area contributed by atoms with E-state index in [1.54, 1.807) is 36.5 Å². The van der Waals surface area contributed by atoms with Crippen LogP contribution in [0.1, 0.15) is 18.1 Å². The smallest absolute Gasteiger partial charge is 0.229 e. The molecule has 2 aromatic carbocycles. The standard InChI is InChI=1S/C22H26N8O2S/c1-3-30-19-9-6-16(12-18(19)28-22(30)24-2)13-26-20-10-11-25-21(29-20)27-17-7-4-15(5-8-17)14-33(23,31)32/h4-12H,3,13-14H2,1-2H3,(H,24,28)(H2,23,31,32)(H2,25,26,27,29). The number of nitrogens with two attached hydrogens (primary N) is 1. The van der Waals surface area contributed by atoms with Crippen molar-refractivity contribution in [2.45, 2.75) is 25.8 Å². The maximum absolute atomic E-state index is 11.2. The number of hydrogen-bond acceptors (Lipinski definition) is 8. The molecule has 10 nitrogen and oxygen atoms in total. The van der Waals surface area contributed by atoms with Gasteiger partial charge in [0.1, 0.15) is 5.82 Å². The van der Waals surface area contributed by atoms with E-state index in [0.717, 1.165) is 34.8 Å². The Labute approximate surface area is 192 Å². The molecule has 33 heavy (non-hydrogen) atoms. The third-order valence-electron chi connectivity index (χ3n) is 5.06. The number of hydrogen-bond donors (Lipinski definition) is 4. The van der Waals surface area contributed by atoms with Crippen LogP contribution in [-0.4, -0.2) is 35.0 Å². The van der Waals surface area contributed by atoms with Gasteiger partial charge in [-0.2, -0.15) is 4.98 Å². The Morgan fingerprint density at radius 2 is 1.79 bits per heavy atom. The SMILES string of the molecule is CCn1c(NC)nc2cc(CNc3ccnc(Nc4ccc(CS(N)(=O)=O)cc4)n3)ccc21. The van der Waals surface area contributed by atoms with Crippen molar-refractivity contribution < 1.29 is 8.42 Å². The molecule has 0 aliphatic carbocycles. The van der Waals surface area contributed by atoms with Crippen molar-refractivity contribution in [2.75, 3.05) is 23.0 Å². The second-order valence-electron chi connectivity index (χ2n) is 7.50. The molecule has 2 aromatic heterocycles. The van der Waals surface area contributed by atoms with Crippen LogP contribution in [0.5, 0.6) is 0 Å². The quantitative estimate of drug-likeness (QED) is 0.295. The summed E-state index contributed by atoms with van der Waals surface area (Å²) in [5.41, 5.74) is 4.47. The number of primary sulfonamides is 1. The molecule has 0 radical (unpaired) electrons. The van der Waals surface area contributed by atoms with E-state index in [1.807, 2.05) is 7.05 Å². The summed E-state index contributed by atoms with van der Waals surface area (Å²) in [7, 11) is -1.69. The van der Waals surface area contributed by atoms with Gasteiger partial charge >= 0.3 is 0 Å². The fourth-order valence-electron chi connectivity index (χ4n) is 3.55. The van der Waals surface area contributed by atoms with E-state index in [4.69, 9.17) is 5.14 Å². The van der Waals surface area contributed by atoms with Gasteiger partial charge in [-0.25, -0.2) is 23.5 Å². The summed E-state index contributed by atoms with van der Waals surface area (Å²) in [5.74, 6) is 1.74. The zero-order valence-electron chi connectivity index (χ0n) is 18.4. The second kappa shape index (κ2) is 9.43. The van der Waals surface area contributed by atoms with Crippen molar-refractivity contribution in [3.05, 3.63) is 65.9 Å². The zero-order valence-corrected chi connectivity index (χ0v) is 19.2. The van der Waals surface area contributed by atoms with Crippen molar-refractivity contribution in [3.8, 4) is 0 Å². The summed E-state index contributed by atoms with van der Waals surface area (Å²) >= 11 is 0. The van der Waals surface area contributed by atoms with Crippen LogP contribution in [0.4, 0.5) is 23.4 Å². The van der Waals surface area contributed by atoms with Crippen molar-refractivity contribution in [1.29, 1.82) is 0 Å². The van der Waals surface area contributed by atoms with Crippen LogP contribution in [0.2, 0.25) is 0 Å². The monoisotopic (exact) mass is 466 g/mol. The van der Waals surface area contributed by atoms with Gasteiger partial charge in [0.25, 0.3) is 0 Å². The van der Waals surface area contributed by atoms with Gasteiger partial charge in [0.2, 0.25) is 21.9 Å². The van der Waals surface area contributed by atoms with E-state index in [9.17, 15) is 8.42 Å². The van der Waals surface area contributed by atoms with Gasteiger partial charge in [0.05, 0.1) is 16.8 Å². The van der Waals surface area contributed by atoms with Crippen LogP contribution < -0.4 is 21.1 Å². The number of aromatic nitrogens is 4. The summed E-state index contributed by atoms with van der Waals surface area (Å²) in [6.45, 7) is 3.52. The molecule has 0 atom stereocenters. The minimum Gasteiger partial charge on any atom is -0.366 e. The highest BCUT2D eigenvalue weighted by Crippen LogP contribution is 2.22. The summed E-state index contributed by atoms with van der Waals surface area (Å²) in [4.78, 5) is 13.4. The molecule has 0 fully saturated rings. The molecule has 172 valence electrons. The van der Waals surface area contributed by atoms with Crippen LogP contribution >= 0.6 is 0 Å². The first-order chi connectivity index (χ1) is 15.8. The average molecular weight is 467 g/mol. The number of nitrogens with one attached hydrogen (secondary N) is 3. The van der Waals surface area contributed by atoms with Crippen molar-refractivity contribution >= 4 is 44.5 Å². The number of imidazole rings is 1. The molecule has 0 amide bonds. The normalized spacial score (nSPS) is 11.5. The summed E-state index contributed by atoms with van der Waals surface area (Å²) in [6, 6.07) is 14.9. The average Bonchev–Trinajstić information content (AvgIpc) is 3.15. The van der Waals surface area contributed by atoms with Crippen LogP contribution in [-0.2, 0) is 28.9 Å². The lowest BCUT2D eigenvalue weighted by molar-refractivity contribution is 0.597. The molecule has 2 heterocycles. The highest BCUT2D eigenvalue weighted by atomic mass is 32.2. The predicted octanol–water partition coefficient (Wildman–Crippen LogP) is 3.03. The lowest BCUT2D eigenvalue weighted by atomic mass is 10.2. The molecule has 0 saturated heterocycles. The Morgan fingerprint density at radius 3 is 2.48 bits per heavy atom. The molecule has 0 aliphatic heterocycles. The highest BCUT2D eigenvalue weighted by molar-refractivity contribution is 7.88. The summed E-state index contributed by atoms with van der Waals surface area (Å²) in [6.07, 6.45) is 1.67. The van der Waals surface area contributed by atoms with Gasteiger partial charge in [0, 0.05) is 32.0 Å². The number of rotatable bonds is 9. The Hall–Kier alpha value is -3.70. The molecule has 5 N–H and O–H groups in total. The Balaban J connectivity index is 1.42. The third-order valence-corrected chi connectivity index (χ3v) is 5.80. The van der Waals surface area contributed by atoms with Crippen LogP contribution in [0.15, 0.2) is 54.7 Å². The maximum Gasteiger partial charge on any atom is 0.229 e. The first-order valence-electron chi connectivity index (χ1n) is 10.4. The van der Waals surface area contributed by atoms with E-state index < -0.39 is 10.0 Å². The molecule has 0 saturated carbocycles. The minimum absolute atomic E-state index is 0.204. The van der Waals surface area contributed by atoms with Gasteiger partial charge in [-0.05, 0) is 48.4 Å². The minimum atomic E-state index is -3.56. The van der Waals surface area contributed by atoms with Crippen LogP contribution in [0.3, 0.4) is 0 Å². The van der Waals surface area contributed by atoms with E-state index >= 15 is 0 Å². The van der Waals surface area contributed by atoms with Gasteiger partial charge in [-0.3, -0.25) is 0 Å². The third kappa shape index (κ3) is 5.57. The van der Waals surface area contributed by atoms with Gasteiger partial charge < -0.3 is 20.5 Å². The maximum atomic E-state index is 11.2. The van der Waals surface area contributed by atoms with Crippen LogP contribution in [0.25, 0.3) is 11.0 Å². The predicted molar refractivity (Wildman–Crippen MR) is 131 cm³/mol. The molecule has 0 spiro atoms. The number of sulfonamides is 1. The number of aryl methyl sites for hydroxylation is 1. The molecule has 11 heteroatoms. The number of nitrogens with zero attached hydrogens (tertiary/aromatic N) is 4. The van der Waals surface area contributed by atoms with Gasteiger partial charge in [-0.15, -0.1) is 0 Å². The molecule has 0 bridgehead atoms. The Morgan fingerprint density at radius 1 is 1.03 bits per heavy atom. The lowest BCUT2D eigenvalue weighted by Crippen LogP contribution is -2.14. The number of anilines is 4. The van der Waals surface area contributed by atoms with Gasteiger partial charge in [0.15, 0.2) is 0 Å². The topological polar surface area (TPSA) is 140 Å². The van der Waals surface area contributed by atoms with Crippen LogP contribution in [0, 0.1) is 0 Å². The fourth-order valence-corrected chi connectivity index (χ4v) is 4.21. The molecule has 0 unspecified atom stereocenters. The number of fused-ring (bicyclic) bond motifs is 1. The largest absolute Gasteiger partial charge is 0.366 e. The fraction of sp³-hybridized carbons (Fsp3) is 0.227. The van der Waals surface area contributed by atoms with E-state index in [2.05, 4.69) is 60.6 Å². The molecular weight excluding hydrogens is 440 g/mol. The summed E-state index contributed by atoms with van der Waals surface area (Å²) in [5, 5.41) is 14.6. The molecule has 4 rings (SSSR count). The van der Waals surface area contributed by atoms with Crippen molar-refractivity contribution in [2.24, 2.45) is 5.14 Å². The number of benzene rings is 2. The second-order valence-corrected chi connectivity index (χ2v) is 9.12. The zero-order chi connectivity index (χ0) is 23.4. The summed E-state index contributed by atoms with van der Waals surface area (Å²) < 4.78 is 24.6. The van der Waals surface area contributed by atoms with Crippen molar-refractivity contribution in [3.63, 3.8) is 0 Å². The first-order valence-corrected chi connectivity index (χ1v) is 12.2. The molecule has 4 aromatic rings. The van der Waals surface area contributed by atoms with E-state index in [-0.39, 0.29) is 5.75 Å². The Bertz CT molecular complexity index is 1370. The molecular formula is C22H26N8O2S. The van der Waals surface area contributed by atoms with E-state index in [0.29, 0.717) is 23.9 Å².